The lowest BCUT2D eigenvalue weighted by Crippen LogP contribution is -2.03. The van der Waals surface area contributed by atoms with Crippen molar-refractivity contribution in [2.45, 2.75) is 20.4 Å². The van der Waals surface area contributed by atoms with Gasteiger partial charge in [0.2, 0.25) is 0 Å². The van der Waals surface area contributed by atoms with Gasteiger partial charge in [0.15, 0.2) is 0 Å². The Morgan fingerprint density at radius 3 is 2.43 bits per heavy atom. The van der Waals surface area contributed by atoms with E-state index < -0.39 is 0 Å². The van der Waals surface area contributed by atoms with E-state index in [0.717, 1.165) is 18.2 Å². The number of nitrogens with zero attached hydrogens (tertiary/aromatic N) is 3. The first-order chi connectivity index (χ1) is 6.75. The smallest absolute Gasteiger partial charge is 0.147 e. The van der Waals surface area contributed by atoms with Crippen molar-refractivity contribution in [3.63, 3.8) is 0 Å². The second-order valence-corrected chi connectivity index (χ2v) is 3.35. The van der Waals surface area contributed by atoms with Gasteiger partial charge in [-0.3, -0.25) is 0 Å². The Morgan fingerprint density at radius 1 is 1.14 bits per heavy atom. The number of benzene rings is 1. The minimum atomic E-state index is 0.799. The van der Waals surface area contributed by atoms with Gasteiger partial charge in [0.1, 0.15) is 11.6 Å². The minimum Gasteiger partial charge on any atom is -0.246 e. The average Bonchev–Trinajstić information content (AvgIpc) is 2.47. The standard InChI is InChI=1S/C11H13N3/c1-9-12-10(2)14(13-9)8-11-6-4-3-5-7-11/h3-7H,8H2,1-2H3. The van der Waals surface area contributed by atoms with Crippen LogP contribution in [-0.2, 0) is 6.54 Å². The molecule has 1 aromatic carbocycles. The molecule has 0 amide bonds. The van der Waals surface area contributed by atoms with E-state index in [9.17, 15) is 0 Å². The van der Waals surface area contributed by atoms with E-state index in [1.54, 1.807) is 0 Å². The number of rotatable bonds is 2. The monoisotopic (exact) mass is 187 g/mol. The molecule has 2 rings (SSSR count). The summed E-state index contributed by atoms with van der Waals surface area (Å²) in [7, 11) is 0. The molecule has 3 nitrogen and oxygen atoms in total. The molecule has 0 saturated carbocycles. The molecule has 72 valence electrons. The molecule has 0 spiro atoms. The first-order valence-electron chi connectivity index (χ1n) is 4.67. The number of hydrogen-bond donors (Lipinski definition) is 0. The van der Waals surface area contributed by atoms with Crippen molar-refractivity contribution in [1.82, 2.24) is 14.8 Å². The van der Waals surface area contributed by atoms with E-state index in [-0.39, 0.29) is 0 Å². The number of hydrogen-bond acceptors (Lipinski definition) is 2. The van der Waals surface area contributed by atoms with Crippen molar-refractivity contribution in [2.75, 3.05) is 0 Å². The zero-order valence-corrected chi connectivity index (χ0v) is 8.44. The molecular formula is C11H13N3. The van der Waals surface area contributed by atoms with Crippen LogP contribution >= 0.6 is 0 Å². The van der Waals surface area contributed by atoms with Gasteiger partial charge in [-0.25, -0.2) is 9.67 Å². The second-order valence-electron chi connectivity index (χ2n) is 3.35. The van der Waals surface area contributed by atoms with Gasteiger partial charge in [0.25, 0.3) is 0 Å². The summed E-state index contributed by atoms with van der Waals surface area (Å²) < 4.78 is 1.92. The Balaban J connectivity index is 2.23. The third-order valence-corrected chi connectivity index (χ3v) is 2.14. The Hall–Kier alpha value is -1.64. The van der Waals surface area contributed by atoms with Crippen molar-refractivity contribution >= 4 is 0 Å². The maximum Gasteiger partial charge on any atom is 0.147 e. The quantitative estimate of drug-likeness (QED) is 0.719. The van der Waals surface area contributed by atoms with Crippen molar-refractivity contribution in [3.05, 3.63) is 47.5 Å². The molecule has 0 saturated heterocycles. The van der Waals surface area contributed by atoms with Crippen molar-refractivity contribution in [1.29, 1.82) is 0 Å². The van der Waals surface area contributed by atoms with E-state index in [1.807, 2.05) is 36.7 Å². The molecule has 0 aliphatic carbocycles. The molecule has 0 aliphatic rings. The summed E-state index contributed by atoms with van der Waals surface area (Å²) in [5.41, 5.74) is 1.25. The molecule has 0 N–H and O–H groups in total. The predicted octanol–water partition coefficient (Wildman–Crippen LogP) is 1.94. The fraction of sp³-hybridized carbons (Fsp3) is 0.273. The van der Waals surface area contributed by atoms with Crippen molar-refractivity contribution in [3.8, 4) is 0 Å². The molecule has 0 atom stereocenters. The molecule has 14 heavy (non-hydrogen) atoms. The molecule has 0 radical (unpaired) electrons. The first-order valence-corrected chi connectivity index (χ1v) is 4.67. The van der Waals surface area contributed by atoms with E-state index in [2.05, 4.69) is 22.2 Å². The molecule has 0 bridgehead atoms. The highest BCUT2D eigenvalue weighted by Gasteiger charge is 2.01. The van der Waals surface area contributed by atoms with Crippen molar-refractivity contribution < 1.29 is 0 Å². The molecule has 3 heteroatoms. The highest BCUT2D eigenvalue weighted by atomic mass is 15.3. The van der Waals surface area contributed by atoms with E-state index >= 15 is 0 Å². The van der Waals surface area contributed by atoms with Crippen LogP contribution in [0.5, 0.6) is 0 Å². The molecular weight excluding hydrogens is 174 g/mol. The summed E-state index contributed by atoms with van der Waals surface area (Å²) >= 11 is 0. The fourth-order valence-corrected chi connectivity index (χ4v) is 1.47. The minimum absolute atomic E-state index is 0.799. The normalized spacial score (nSPS) is 10.4. The maximum atomic E-state index is 4.31. The van der Waals surface area contributed by atoms with Gasteiger partial charge in [-0.05, 0) is 19.4 Å². The van der Waals surface area contributed by atoms with E-state index in [4.69, 9.17) is 0 Å². The van der Waals surface area contributed by atoms with Crippen LogP contribution in [0.25, 0.3) is 0 Å². The summed E-state index contributed by atoms with van der Waals surface area (Å²) in [6, 6.07) is 10.3. The molecule has 0 aliphatic heterocycles. The van der Waals surface area contributed by atoms with Crippen LogP contribution in [-0.4, -0.2) is 14.8 Å². The summed E-state index contributed by atoms with van der Waals surface area (Å²) in [6.45, 7) is 4.69. The summed E-state index contributed by atoms with van der Waals surface area (Å²) in [5.74, 6) is 1.80. The Kier molecular flexibility index (Phi) is 2.31. The molecule has 1 aromatic heterocycles. The summed E-state index contributed by atoms with van der Waals surface area (Å²) in [6.07, 6.45) is 0. The molecule has 1 heterocycles. The van der Waals surface area contributed by atoms with Crippen molar-refractivity contribution in [2.24, 2.45) is 0 Å². The van der Waals surface area contributed by atoms with Crippen LogP contribution in [0.1, 0.15) is 17.2 Å². The van der Waals surface area contributed by atoms with E-state index in [1.165, 1.54) is 5.56 Å². The lowest BCUT2D eigenvalue weighted by Gasteiger charge is -2.02. The van der Waals surface area contributed by atoms with E-state index in [0.29, 0.717) is 0 Å². The van der Waals surface area contributed by atoms with Gasteiger partial charge in [0.05, 0.1) is 6.54 Å². The molecule has 2 aromatic rings. The second kappa shape index (κ2) is 3.62. The van der Waals surface area contributed by atoms with Crippen LogP contribution in [0, 0.1) is 13.8 Å². The highest BCUT2D eigenvalue weighted by molar-refractivity contribution is 5.15. The third kappa shape index (κ3) is 1.82. The molecule has 0 fully saturated rings. The summed E-state index contributed by atoms with van der Waals surface area (Å²) in [4.78, 5) is 4.26. The Morgan fingerprint density at radius 2 is 1.86 bits per heavy atom. The topological polar surface area (TPSA) is 30.7 Å². The third-order valence-electron chi connectivity index (χ3n) is 2.14. The predicted molar refractivity (Wildman–Crippen MR) is 55.0 cm³/mol. The van der Waals surface area contributed by atoms with Gasteiger partial charge < -0.3 is 0 Å². The highest BCUT2D eigenvalue weighted by Crippen LogP contribution is 2.03. The lowest BCUT2D eigenvalue weighted by atomic mass is 10.2. The SMILES string of the molecule is Cc1nc(C)n(Cc2ccccc2)n1. The Labute approximate surface area is 83.4 Å². The van der Waals surface area contributed by atoms with Crippen LogP contribution in [0.3, 0.4) is 0 Å². The average molecular weight is 187 g/mol. The van der Waals surface area contributed by atoms with Gasteiger partial charge in [-0.2, -0.15) is 5.10 Å². The largest absolute Gasteiger partial charge is 0.246 e. The summed E-state index contributed by atoms with van der Waals surface area (Å²) in [5, 5.41) is 4.31. The van der Waals surface area contributed by atoms with Gasteiger partial charge in [-0.1, -0.05) is 30.3 Å². The van der Waals surface area contributed by atoms with Crippen LogP contribution in [0.4, 0.5) is 0 Å². The molecule has 0 unspecified atom stereocenters. The number of aryl methyl sites for hydroxylation is 2. The lowest BCUT2D eigenvalue weighted by molar-refractivity contribution is 0.656. The van der Waals surface area contributed by atoms with Gasteiger partial charge in [-0.15, -0.1) is 0 Å². The maximum absolute atomic E-state index is 4.31. The zero-order chi connectivity index (χ0) is 9.97. The van der Waals surface area contributed by atoms with Crippen LogP contribution in [0.2, 0.25) is 0 Å². The van der Waals surface area contributed by atoms with Crippen LogP contribution < -0.4 is 0 Å². The van der Waals surface area contributed by atoms with Crippen LogP contribution in [0.15, 0.2) is 30.3 Å². The first kappa shape index (κ1) is 8.94. The Bertz CT molecular complexity index is 417. The van der Waals surface area contributed by atoms with Gasteiger partial charge >= 0.3 is 0 Å². The number of aromatic nitrogens is 3. The van der Waals surface area contributed by atoms with Gasteiger partial charge in [0, 0.05) is 0 Å². The zero-order valence-electron chi connectivity index (χ0n) is 8.44. The fourth-order valence-electron chi connectivity index (χ4n) is 1.47.